The zero-order valence-corrected chi connectivity index (χ0v) is 13.3. The van der Waals surface area contributed by atoms with Crippen LogP contribution < -0.4 is 4.72 Å². The van der Waals surface area contributed by atoms with Gasteiger partial charge in [-0.25, -0.2) is 21.8 Å². The average Bonchev–Trinajstić information content (AvgIpc) is 2.34. The first-order valence-corrected chi connectivity index (χ1v) is 9.24. The Morgan fingerprint density at radius 2 is 1.81 bits per heavy atom. The monoisotopic (exact) mass is 336 g/mol. The molecule has 1 heterocycles. The summed E-state index contributed by atoms with van der Waals surface area (Å²) in [6.07, 6.45) is 1.82. The van der Waals surface area contributed by atoms with Crippen LogP contribution in [0.2, 0.25) is 0 Å². The number of carbonyl (C=O) groups is 1. The van der Waals surface area contributed by atoms with E-state index in [1.165, 1.54) is 0 Å². The molecule has 1 atom stereocenters. The fourth-order valence-electron chi connectivity index (χ4n) is 1.45. The van der Waals surface area contributed by atoms with E-state index in [9.17, 15) is 21.6 Å². The minimum absolute atomic E-state index is 0.264. The van der Waals surface area contributed by atoms with Crippen LogP contribution in [0, 0.1) is 5.92 Å². The van der Waals surface area contributed by atoms with Crippen molar-refractivity contribution in [2.45, 2.75) is 29.8 Å². The largest absolute Gasteiger partial charge is 0.480 e. The van der Waals surface area contributed by atoms with Gasteiger partial charge in [0.2, 0.25) is 10.0 Å². The van der Waals surface area contributed by atoms with E-state index in [1.54, 1.807) is 13.8 Å². The van der Waals surface area contributed by atoms with E-state index >= 15 is 0 Å². The number of pyridine rings is 1. The Morgan fingerprint density at radius 1 is 1.24 bits per heavy atom. The summed E-state index contributed by atoms with van der Waals surface area (Å²) in [6, 6.07) is 0.824. The Kier molecular flexibility index (Phi) is 5.07. The van der Waals surface area contributed by atoms with Crippen molar-refractivity contribution in [3.8, 4) is 0 Å². The molecule has 0 aliphatic rings. The number of nitrogens with zero attached hydrogens (tertiary/aromatic N) is 1. The third kappa shape index (κ3) is 4.48. The van der Waals surface area contributed by atoms with Gasteiger partial charge in [0.05, 0.1) is 0 Å². The number of carboxylic acids is 1. The fourth-order valence-corrected chi connectivity index (χ4v) is 3.29. The Morgan fingerprint density at radius 3 is 2.14 bits per heavy atom. The molecule has 0 bridgehead atoms. The van der Waals surface area contributed by atoms with E-state index in [1.807, 2.05) is 4.72 Å². The van der Waals surface area contributed by atoms with E-state index in [2.05, 4.69) is 4.98 Å². The minimum atomic E-state index is -4.10. The molecule has 0 amide bonds. The van der Waals surface area contributed by atoms with Crippen LogP contribution in [0.5, 0.6) is 0 Å². The predicted octanol–water partition coefficient (Wildman–Crippen LogP) is -0.127. The Labute approximate surface area is 123 Å². The van der Waals surface area contributed by atoms with Gasteiger partial charge < -0.3 is 5.11 Å². The second kappa shape index (κ2) is 6.08. The summed E-state index contributed by atoms with van der Waals surface area (Å²) < 4.78 is 48.6. The van der Waals surface area contributed by atoms with E-state index in [0.29, 0.717) is 0 Å². The number of aliphatic carboxylic acids is 1. The molecule has 21 heavy (non-hydrogen) atoms. The van der Waals surface area contributed by atoms with Gasteiger partial charge in [0.1, 0.15) is 10.9 Å². The zero-order valence-electron chi connectivity index (χ0n) is 11.6. The first kappa shape index (κ1) is 17.5. The maximum absolute atomic E-state index is 12.0. The zero-order chi connectivity index (χ0) is 16.4. The number of nitrogens with one attached hydrogen (secondary N) is 1. The van der Waals surface area contributed by atoms with Crippen LogP contribution in [-0.2, 0) is 24.7 Å². The van der Waals surface area contributed by atoms with Gasteiger partial charge in [-0.3, -0.25) is 4.79 Å². The average molecular weight is 336 g/mol. The van der Waals surface area contributed by atoms with Crippen molar-refractivity contribution in [3.05, 3.63) is 18.3 Å². The summed E-state index contributed by atoms with van der Waals surface area (Å²) in [5, 5.41) is 8.72. The van der Waals surface area contributed by atoms with Gasteiger partial charge in [0, 0.05) is 12.5 Å². The van der Waals surface area contributed by atoms with Crippen molar-refractivity contribution in [2.24, 2.45) is 5.92 Å². The minimum Gasteiger partial charge on any atom is -0.480 e. The lowest BCUT2D eigenvalue weighted by atomic mass is 10.1. The highest BCUT2D eigenvalue weighted by Crippen LogP contribution is 2.13. The Hall–Kier alpha value is -1.52. The molecule has 118 valence electrons. The van der Waals surface area contributed by atoms with Crippen LogP contribution >= 0.6 is 0 Å². The molecule has 10 heteroatoms. The molecule has 0 saturated carbocycles. The molecule has 1 aromatic heterocycles. The topological polar surface area (TPSA) is 130 Å². The molecule has 0 radical (unpaired) electrons. The first-order valence-electron chi connectivity index (χ1n) is 5.86. The Balaban J connectivity index is 3.11. The highest BCUT2D eigenvalue weighted by molar-refractivity contribution is 7.90. The molecule has 0 unspecified atom stereocenters. The lowest BCUT2D eigenvalue weighted by Gasteiger charge is -2.17. The quantitative estimate of drug-likeness (QED) is 0.740. The summed E-state index contributed by atoms with van der Waals surface area (Å²) in [5.41, 5.74) is 0. The van der Waals surface area contributed by atoms with Gasteiger partial charge in [0.25, 0.3) is 0 Å². The normalized spacial score (nSPS) is 14.1. The van der Waals surface area contributed by atoms with Crippen LogP contribution in [0.4, 0.5) is 0 Å². The van der Waals surface area contributed by atoms with Crippen molar-refractivity contribution in [2.75, 3.05) is 6.26 Å². The van der Waals surface area contributed by atoms with Crippen molar-refractivity contribution in [1.82, 2.24) is 9.71 Å². The number of hydrogen-bond acceptors (Lipinski definition) is 6. The highest BCUT2D eigenvalue weighted by atomic mass is 32.2. The molecular weight excluding hydrogens is 320 g/mol. The van der Waals surface area contributed by atoms with Crippen molar-refractivity contribution < 1.29 is 26.7 Å². The van der Waals surface area contributed by atoms with Crippen LogP contribution in [0.3, 0.4) is 0 Å². The number of hydrogen-bond donors (Lipinski definition) is 2. The van der Waals surface area contributed by atoms with E-state index in [0.717, 1.165) is 24.6 Å². The molecule has 2 N–H and O–H groups in total. The van der Waals surface area contributed by atoms with Gasteiger partial charge in [-0.05, 0) is 18.1 Å². The van der Waals surface area contributed by atoms with E-state index < -0.39 is 37.8 Å². The molecule has 0 aliphatic carbocycles. The number of rotatable bonds is 6. The molecular formula is C11H16N2O6S2. The number of sulfonamides is 1. The number of sulfone groups is 1. The maximum Gasteiger partial charge on any atom is 0.322 e. The van der Waals surface area contributed by atoms with Gasteiger partial charge in [-0.1, -0.05) is 13.8 Å². The first-order chi connectivity index (χ1) is 9.45. The van der Waals surface area contributed by atoms with Crippen molar-refractivity contribution >= 4 is 25.8 Å². The summed E-state index contributed by atoms with van der Waals surface area (Å²) in [6.45, 7) is 3.12. The maximum atomic E-state index is 12.0. The van der Waals surface area contributed by atoms with Gasteiger partial charge in [-0.15, -0.1) is 0 Å². The van der Waals surface area contributed by atoms with E-state index in [4.69, 9.17) is 5.11 Å². The Bertz CT molecular complexity index is 722. The van der Waals surface area contributed by atoms with E-state index in [-0.39, 0.29) is 9.92 Å². The molecule has 0 fully saturated rings. The molecule has 0 aliphatic heterocycles. The van der Waals surface area contributed by atoms with Crippen LogP contribution in [0.1, 0.15) is 13.8 Å². The summed E-state index contributed by atoms with van der Waals surface area (Å²) >= 11 is 0. The molecule has 0 spiro atoms. The summed E-state index contributed by atoms with van der Waals surface area (Å²) in [7, 11) is -7.64. The molecule has 0 aromatic carbocycles. The van der Waals surface area contributed by atoms with Crippen molar-refractivity contribution in [1.29, 1.82) is 0 Å². The smallest absolute Gasteiger partial charge is 0.322 e. The molecule has 8 nitrogen and oxygen atoms in total. The SMILES string of the molecule is CC(C)[C@@H](NS(=O)(=O)c1ccc(S(C)(=O)=O)nc1)C(=O)O. The fraction of sp³-hybridized carbons (Fsp3) is 0.455. The number of carboxylic acid groups (broad SMARTS) is 1. The van der Waals surface area contributed by atoms with Gasteiger partial charge in [-0.2, -0.15) is 4.72 Å². The predicted molar refractivity (Wildman–Crippen MR) is 73.9 cm³/mol. The standard InChI is InChI=1S/C11H16N2O6S2/c1-7(2)10(11(14)15)13-21(18,19)8-4-5-9(12-6-8)20(3,16)17/h4-7,10,13H,1-3H3,(H,14,15)/t10-/m1/s1. The van der Waals surface area contributed by atoms with Crippen LogP contribution in [-0.4, -0.2) is 45.2 Å². The highest BCUT2D eigenvalue weighted by Gasteiger charge is 2.28. The van der Waals surface area contributed by atoms with Gasteiger partial charge >= 0.3 is 5.97 Å². The molecule has 0 saturated heterocycles. The third-order valence-corrected chi connectivity index (χ3v) is 5.04. The molecule has 1 aromatic rings. The summed E-state index contributed by atoms with van der Waals surface area (Å²) in [4.78, 5) is 14.3. The number of aromatic nitrogens is 1. The lowest BCUT2D eigenvalue weighted by molar-refractivity contribution is -0.140. The summed E-state index contributed by atoms with van der Waals surface area (Å²) in [5.74, 6) is -1.75. The van der Waals surface area contributed by atoms with Gasteiger partial charge in [0.15, 0.2) is 14.9 Å². The second-order valence-electron chi connectivity index (χ2n) is 4.79. The molecule has 1 rings (SSSR count). The van der Waals surface area contributed by atoms with Crippen LogP contribution in [0.25, 0.3) is 0 Å². The second-order valence-corrected chi connectivity index (χ2v) is 8.46. The van der Waals surface area contributed by atoms with Crippen LogP contribution in [0.15, 0.2) is 28.3 Å². The third-order valence-electron chi connectivity index (χ3n) is 2.61. The van der Waals surface area contributed by atoms with Crippen molar-refractivity contribution in [3.63, 3.8) is 0 Å². The lowest BCUT2D eigenvalue weighted by Crippen LogP contribution is -2.44.